The smallest absolute Gasteiger partial charge is 0.357 e. The molecule has 9 heteroatoms. The highest BCUT2D eigenvalue weighted by molar-refractivity contribution is 6.03. The van der Waals surface area contributed by atoms with Crippen LogP contribution >= 0.6 is 0 Å². The minimum atomic E-state index is -1.18. The summed E-state index contributed by atoms with van der Waals surface area (Å²) in [7, 11) is 1.24. The van der Waals surface area contributed by atoms with Crippen LogP contribution in [0.2, 0.25) is 0 Å². The Kier molecular flexibility index (Phi) is 8.14. The molecule has 35 heavy (non-hydrogen) atoms. The van der Waals surface area contributed by atoms with Gasteiger partial charge in [0.25, 0.3) is 0 Å². The summed E-state index contributed by atoms with van der Waals surface area (Å²) < 4.78 is 24.3. The second kappa shape index (κ2) is 11.2. The van der Waals surface area contributed by atoms with E-state index in [0.717, 1.165) is 13.0 Å². The van der Waals surface area contributed by atoms with Crippen molar-refractivity contribution in [3.05, 3.63) is 70.8 Å². The van der Waals surface area contributed by atoms with Crippen LogP contribution in [0.15, 0.2) is 42.5 Å². The monoisotopic (exact) mass is 480 g/mol. The van der Waals surface area contributed by atoms with E-state index in [4.69, 9.17) is 9.47 Å². The highest BCUT2D eigenvalue weighted by atomic mass is 19.1. The molecule has 8 nitrogen and oxygen atoms in total. The zero-order valence-corrected chi connectivity index (χ0v) is 19.6. The average molecular weight is 480 g/mol. The summed E-state index contributed by atoms with van der Waals surface area (Å²) in [5.41, 5.74) is 2.98. The molecule has 0 radical (unpaired) electrons. The molecule has 0 saturated heterocycles. The van der Waals surface area contributed by atoms with Gasteiger partial charge in [-0.25, -0.2) is 19.0 Å². The lowest BCUT2D eigenvalue weighted by Crippen LogP contribution is -2.12. The number of hydrogen-bond acceptors (Lipinski definition) is 6. The Morgan fingerprint density at radius 3 is 2.54 bits per heavy atom. The van der Waals surface area contributed by atoms with Crippen molar-refractivity contribution in [1.29, 1.82) is 0 Å². The van der Waals surface area contributed by atoms with E-state index < -0.39 is 17.8 Å². The number of aromatic nitrogens is 1. The van der Waals surface area contributed by atoms with Crippen molar-refractivity contribution in [3.8, 4) is 28.0 Å². The maximum atomic E-state index is 13.8. The van der Waals surface area contributed by atoms with Crippen molar-refractivity contribution < 1.29 is 33.4 Å². The zero-order chi connectivity index (χ0) is 25.5. The van der Waals surface area contributed by atoms with Gasteiger partial charge in [0.1, 0.15) is 18.2 Å². The maximum absolute atomic E-state index is 13.8. The van der Waals surface area contributed by atoms with Crippen LogP contribution in [0, 0.1) is 12.7 Å². The molecule has 1 amide bonds. The minimum Gasteiger partial charge on any atom is -0.488 e. The average Bonchev–Trinajstić information content (AvgIpc) is 2.86. The fraction of sp³-hybridized carbons (Fsp3) is 0.231. The summed E-state index contributed by atoms with van der Waals surface area (Å²) in [6, 6.07) is 10.6. The first-order valence-corrected chi connectivity index (χ1v) is 10.9. The first-order chi connectivity index (χ1) is 16.8. The van der Waals surface area contributed by atoms with Crippen molar-refractivity contribution in [1.82, 2.24) is 10.3 Å². The first kappa shape index (κ1) is 25.4. The summed E-state index contributed by atoms with van der Waals surface area (Å²) >= 11 is 0. The number of ether oxygens (including phenoxy) is 2. The van der Waals surface area contributed by atoms with Crippen LogP contribution in [0.3, 0.4) is 0 Å². The number of esters is 1. The molecule has 1 aliphatic heterocycles. The van der Waals surface area contributed by atoms with Gasteiger partial charge in [-0.2, -0.15) is 0 Å². The Bertz CT molecular complexity index is 1270. The van der Waals surface area contributed by atoms with Crippen molar-refractivity contribution >= 4 is 18.3 Å². The quantitative estimate of drug-likeness (QED) is 0.306. The SMILES string of the molecule is CCCNC=O.COC(=O)c1nc(C)ccc1-c1cc2c(cc1C(=O)O)-c1cc(F)ccc1OC2. The van der Waals surface area contributed by atoms with Gasteiger partial charge >= 0.3 is 11.9 Å². The van der Waals surface area contributed by atoms with Crippen molar-refractivity contribution in [2.75, 3.05) is 13.7 Å². The van der Waals surface area contributed by atoms with Gasteiger partial charge in [-0.05, 0) is 66.4 Å². The van der Waals surface area contributed by atoms with E-state index in [0.29, 0.717) is 45.7 Å². The largest absolute Gasteiger partial charge is 0.488 e. The molecule has 0 fully saturated rings. The lowest BCUT2D eigenvalue weighted by molar-refractivity contribution is -0.109. The normalized spacial score (nSPS) is 11.1. The second-order valence-corrected chi connectivity index (χ2v) is 7.70. The molecule has 1 aromatic heterocycles. The number of benzene rings is 2. The van der Waals surface area contributed by atoms with Crippen LogP contribution in [0.1, 0.15) is 45.4 Å². The number of carbonyl (C=O) groups is 3. The fourth-order valence-corrected chi connectivity index (χ4v) is 3.64. The lowest BCUT2D eigenvalue weighted by atomic mass is 9.89. The lowest BCUT2D eigenvalue weighted by Gasteiger charge is -2.23. The molecule has 182 valence electrons. The van der Waals surface area contributed by atoms with Gasteiger partial charge in [-0.3, -0.25) is 4.79 Å². The number of methoxy groups -OCH3 is 1. The van der Waals surface area contributed by atoms with Crippen LogP contribution in [-0.4, -0.2) is 42.1 Å². The van der Waals surface area contributed by atoms with Gasteiger partial charge in [0, 0.05) is 23.4 Å². The molecule has 2 aromatic carbocycles. The number of nitrogens with one attached hydrogen (secondary N) is 1. The number of carboxylic acids is 1. The number of hydrogen-bond donors (Lipinski definition) is 2. The topological polar surface area (TPSA) is 115 Å². The molecular weight excluding hydrogens is 455 g/mol. The van der Waals surface area contributed by atoms with Crippen molar-refractivity contribution in [2.45, 2.75) is 26.9 Å². The Labute approximate surface area is 201 Å². The maximum Gasteiger partial charge on any atom is 0.357 e. The third-order valence-corrected chi connectivity index (χ3v) is 5.27. The number of amides is 1. The molecule has 0 aliphatic carbocycles. The van der Waals surface area contributed by atoms with E-state index in [-0.39, 0.29) is 17.9 Å². The summed E-state index contributed by atoms with van der Waals surface area (Å²) in [5, 5.41) is 12.3. The predicted octanol–water partition coefficient (Wildman–Crippen LogP) is 4.38. The summed E-state index contributed by atoms with van der Waals surface area (Å²) in [6.45, 7) is 4.72. The van der Waals surface area contributed by atoms with Gasteiger partial charge in [-0.15, -0.1) is 0 Å². The molecule has 0 bridgehead atoms. The second-order valence-electron chi connectivity index (χ2n) is 7.70. The molecule has 0 unspecified atom stereocenters. The van der Waals surface area contributed by atoms with Crippen LogP contribution in [0.25, 0.3) is 22.3 Å². The van der Waals surface area contributed by atoms with Crippen molar-refractivity contribution in [3.63, 3.8) is 0 Å². The highest BCUT2D eigenvalue weighted by Crippen LogP contribution is 2.41. The Morgan fingerprint density at radius 1 is 1.14 bits per heavy atom. The number of nitrogens with zero attached hydrogens (tertiary/aromatic N) is 1. The van der Waals surface area contributed by atoms with Crippen LogP contribution in [0.5, 0.6) is 5.75 Å². The Morgan fingerprint density at radius 2 is 1.91 bits per heavy atom. The number of aromatic carboxylic acids is 1. The molecule has 1 aliphatic rings. The van der Waals surface area contributed by atoms with E-state index in [1.165, 1.54) is 31.4 Å². The van der Waals surface area contributed by atoms with Crippen LogP contribution < -0.4 is 10.1 Å². The van der Waals surface area contributed by atoms with E-state index in [2.05, 4.69) is 10.3 Å². The molecule has 0 atom stereocenters. The first-order valence-electron chi connectivity index (χ1n) is 10.9. The number of halogens is 1. The molecule has 2 N–H and O–H groups in total. The molecule has 2 heterocycles. The van der Waals surface area contributed by atoms with E-state index in [1.807, 2.05) is 6.92 Å². The Hall–Kier alpha value is -4.27. The molecule has 3 aromatic rings. The van der Waals surface area contributed by atoms with Gasteiger partial charge < -0.3 is 19.9 Å². The molecular formula is C26H25FN2O6. The summed E-state index contributed by atoms with van der Waals surface area (Å²) in [6.07, 6.45) is 1.72. The number of carbonyl (C=O) groups excluding carboxylic acids is 2. The minimum absolute atomic E-state index is 0.0260. The number of rotatable bonds is 6. The third kappa shape index (κ3) is 5.63. The zero-order valence-electron chi connectivity index (χ0n) is 19.6. The van der Waals surface area contributed by atoms with E-state index >= 15 is 0 Å². The van der Waals surface area contributed by atoms with Crippen molar-refractivity contribution in [2.24, 2.45) is 0 Å². The number of aryl methyl sites for hydroxylation is 1. The fourth-order valence-electron chi connectivity index (χ4n) is 3.64. The predicted molar refractivity (Wildman–Crippen MR) is 127 cm³/mol. The molecule has 0 spiro atoms. The van der Waals surface area contributed by atoms with Gasteiger partial charge in [-0.1, -0.05) is 13.0 Å². The summed E-state index contributed by atoms with van der Waals surface area (Å²) in [4.78, 5) is 38.0. The van der Waals surface area contributed by atoms with Crippen LogP contribution in [-0.2, 0) is 16.1 Å². The standard InChI is InChI=1S/C22H16FNO5.C4H9NO/c1-11-3-5-14(20(24-11)22(27)28-2)16-7-12-10-29-19-6-4-13(23)8-17(19)15(12)9-18(16)21(25)26;1-2-3-5-4-6/h3-9H,10H2,1-2H3,(H,25,26);4H,2-3H2,1H3,(H,5,6). The highest BCUT2D eigenvalue weighted by Gasteiger charge is 2.25. The van der Waals surface area contributed by atoms with Gasteiger partial charge in [0.05, 0.1) is 12.7 Å². The van der Waals surface area contributed by atoms with E-state index in [1.54, 1.807) is 25.1 Å². The van der Waals surface area contributed by atoms with Gasteiger partial charge in [0.2, 0.25) is 6.41 Å². The van der Waals surface area contributed by atoms with E-state index in [9.17, 15) is 23.9 Å². The number of pyridine rings is 1. The summed E-state index contributed by atoms with van der Waals surface area (Å²) in [5.74, 6) is -1.81. The third-order valence-electron chi connectivity index (χ3n) is 5.27. The molecule has 4 rings (SSSR count). The number of carboxylic acid groups (broad SMARTS) is 1. The van der Waals surface area contributed by atoms with Gasteiger partial charge in [0.15, 0.2) is 5.69 Å². The van der Waals surface area contributed by atoms with Crippen LogP contribution in [0.4, 0.5) is 4.39 Å². The molecule has 0 saturated carbocycles. The Balaban J connectivity index is 0.000000509. The number of fused-ring (bicyclic) bond motifs is 3.